The van der Waals surface area contributed by atoms with Crippen molar-refractivity contribution in [1.29, 1.82) is 0 Å². The molecule has 0 aromatic heterocycles. The molecule has 0 amide bonds. The lowest BCUT2D eigenvalue weighted by atomic mass is 10.1. The Hall–Kier alpha value is -2.21. The monoisotopic (exact) mass is 370 g/mol. The predicted octanol–water partition coefficient (Wildman–Crippen LogP) is 3.65. The van der Waals surface area contributed by atoms with Crippen molar-refractivity contribution in [3.8, 4) is 11.5 Å². The lowest BCUT2D eigenvalue weighted by Gasteiger charge is -2.19. The van der Waals surface area contributed by atoms with Gasteiger partial charge in [0.1, 0.15) is 17.1 Å². The smallest absolute Gasteiger partial charge is 0.334 e. The van der Waals surface area contributed by atoms with Crippen molar-refractivity contribution in [3.05, 3.63) is 28.3 Å². The van der Waals surface area contributed by atoms with E-state index in [1.807, 2.05) is 0 Å². The lowest BCUT2D eigenvalue weighted by molar-refractivity contribution is -0.155. The minimum absolute atomic E-state index is 0.111. The first-order valence-electron chi connectivity index (χ1n) is 7.53. The first kappa shape index (κ1) is 20.8. The summed E-state index contributed by atoms with van der Waals surface area (Å²) in [6.45, 7) is 5.24. The first-order chi connectivity index (χ1) is 11.6. The van der Waals surface area contributed by atoms with Crippen LogP contribution in [0.3, 0.4) is 0 Å². The molecule has 0 saturated carbocycles. The lowest BCUT2D eigenvalue weighted by Crippen LogP contribution is -2.25. The molecule has 7 heteroatoms. The van der Waals surface area contributed by atoms with Crippen LogP contribution in [0.5, 0.6) is 11.5 Å². The summed E-state index contributed by atoms with van der Waals surface area (Å²) in [5, 5.41) is 0.314. The Morgan fingerprint density at radius 3 is 2.24 bits per heavy atom. The predicted molar refractivity (Wildman–Crippen MR) is 95.0 cm³/mol. The molecule has 1 aromatic carbocycles. The molecule has 1 rings (SSSR count). The number of ether oxygens (including phenoxy) is 4. The Bertz CT molecular complexity index is 673. The summed E-state index contributed by atoms with van der Waals surface area (Å²) in [5.41, 5.74) is -0.0647. The Morgan fingerprint density at radius 2 is 1.76 bits per heavy atom. The van der Waals surface area contributed by atoms with Crippen LogP contribution in [-0.4, -0.2) is 38.9 Å². The minimum atomic E-state index is -0.657. The molecule has 138 valence electrons. The second kappa shape index (κ2) is 8.76. The summed E-state index contributed by atoms with van der Waals surface area (Å²) in [5.74, 6) is -0.351. The van der Waals surface area contributed by atoms with Crippen LogP contribution in [0.4, 0.5) is 0 Å². The molecule has 6 nitrogen and oxygen atoms in total. The van der Waals surface area contributed by atoms with Gasteiger partial charge in [0.05, 0.1) is 32.8 Å². The number of hydrogen-bond donors (Lipinski definition) is 0. The molecule has 0 aliphatic heterocycles. The highest BCUT2D eigenvalue weighted by Crippen LogP contribution is 2.35. The minimum Gasteiger partial charge on any atom is -0.497 e. The van der Waals surface area contributed by atoms with Gasteiger partial charge in [-0.3, -0.25) is 4.79 Å². The van der Waals surface area contributed by atoms with Crippen LogP contribution in [0, 0.1) is 0 Å². The quantitative estimate of drug-likeness (QED) is 0.562. The zero-order valence-electron chi connectivity index (χ0n) is 15.3. The molecule has 0 aliphatic rings. The number of esters is 2. The molecule has 0 atom stereocenters. The van der Waals surface area contributed by atoms with Gasteiger partial charge in [0.15, 0.2) is 0 Å². The maximum absolute atomic E-state index is 12.1. The van der Waals surface area contributed by atoms with Gasteiger partial charge >= 0.3 is 11.9 Å². The van der Waals surface area contributed by atoms with Gasteiger partial charge in [-0.1, -0.05) is 11.6 Å². The van der Waals surface area contributed by atoms with E-state index in [4.69, 9.17) is 30.5 Å². The van der Waals surface area contributed by atoms with Gasteiger partial charge in [-0.05, 0) is 32.9 Å². The summed E-state index contributed by atoms with van der Waals surface area (Å²) in [4.78, 5) is 24.1. The average molecular weight is 371 g/mol. The van der Waals surface area contributed by atoms with Crippen LogP contribution in [0.25, 0.3) is 6.08 Å². The van der Waals surface area contributed by atoms with Crippen molar-refractivity contribution in [3.63, 3.8) is 0 Å². The number of carbonyl (C=O) groups is 2. The van der Waals surface area contributed by atoms with E-state index in [2.05, 4.69) is 0 Å². The van der Waals surface area contributed by atoms with E-state index in [1.54, 1.807) is 32.9 Å². The Morgan fingerprint density at radius 1 is 1.12 bits per heavy atom. The Balaban J connectivity index is 3.30. The highest BCUT2D eigenvalue weighted by atomic mass is 35.5. The topological polar surface area (TPSA) is 71.1 Å². The zero-order chi connectivity index (χ0) is 19.2. The second-order valence-electron chi connectivity index (χ2n) is 6.16. The molecule has 0 radical (unpaired) electrons. The Kier molecular flexibility index (Phi) is 7.30. The number of hydrogen-bond acceptors (Lipinski definition) is 6. The van der Waals surface area contributed by atoms with Crippen molar-refractivity contribution >= 4 is 29.6 Å². The third kappa shape index (κ3) is 6.31. The zero-order valence-corrected chi connectivity index (χ0v) is 16.0. The third-order valence-corrected chi connectivity index (χ3v) is 3.30. The molecule has 0 N–H and O–H groups in total. The van der Waals surface area contributed by atoms with Gasteiger partial charge in [0.2, 0.25) is 0 Å². The van der Waals surface area contributed by atoms with Crippen LogP contribution >= 0.6 is 11.6 Å². The van der Waals surface area contributed by atoms with E-state index in [0.29, 0.717) is 22.1 Å². The third-order valence-electron chi connectivity index (χ3n) is 3.02. The molecule has 0 saturated heterocycles. The molecule has 0 fully saturated rings. The average Bonchev–Trinajstić information content (AvgIpc) is 2.51. The molecule has 1 aromatic rings. The van der Waals surface area contributed by atoms with Gasteiger partial charge in [0.25, 0.3) is 0 Å². The molecule has 0 spiro atoms. The van der Waals surface area contributed by atoms with Gasteiger partial charge in [-0.2, -0.15) is 0 Å². The largest absolute Gasteiger partial charge is 0.497 e. The van der Waals surface area contributed by atoms with Gasteiger partial charge in [0, 0.05) is 17.2 Å². The fraction of sp³-hybridized carbons (Fsp3) is 0.444. The van der Waals surface area contributed by atoms with Crippen molar-refractivity contribution in [2.24, 2.45) is 0 Å². The van der Waals surface area contributed by atoms with Gasteiger partial charge in [-0.15, -0.1) is 0 Å². The standard InChI is InChI=1S/C18H23ClO6/c1-18(2,3)25-15(20)9-12(17(21)24-6)7-11-8-13(22-4)10-14(19)16(11)23-5/h7-8,10H,9H2,1-6H3/b12-7+. The van der Waals surface area contributed by atoms with E-state index in [1.165, 1.54) is 27.4 Å². The van der Waals surface area contributed by atoms with Gasteiger partial charge < -0.3 is 18.9 Å². The van der Waals surface area contributed by atoms with E-state index in [9.17, 15) is 9.59 Å². The van der Waals surface area contributed by atoms with E-state index in [0.717, 1.165) is 0 Å². The molecule has 0 aliphatic carbocycles. The van der Waals surface area contributed by atoms with E-state index >= 15 is 0 Å². The van der Waals surface area contributed by atoms with Crippen molar-refractivity contribution in [1.82, 2.24) is 0 Å². The Labute approximate surface area is 152 Å². The highest BCUT2D eigenvalue weighted by molar-refractivity contribution is 6.32. The SMILES string of the molecule is COC(=O)/C(=C/c1cc(OC)cc(Cl)c1OC)CC(=O)OC(C)(C)C. The van der Waals surface area contributed by atoms with Crippen molar-refractivity contribution in [2.45, 2.75) is 32.8 Å². The van der Waals surface area contributed by atoms with Gasteiger partial charge in [-0.25, -0.2) is 4.79 Å². The number of rotatable bonds is 6. The van der Waals surface area contributed by atoms with Crippen molar-refractivity contribution in [2.75, 3.05) is 21.3 Å². The van der Waals surface area contributed by atoms with Crippen LogP contribution in [0.2, 0.25) is 5.02 Å². The highest BCUT2D eigenvalue weighted by Gasteiger charge is 2.22. The fourth-order valence-corrected chi connectivity index (χ4v) is 2.36. The van der Waals surface area contributed by atoms with Crippen LogP contribution in [0.1, 0.15) is 32.8 Å². The summed E-state index contributed by atoms with van der Waals surface area (Å²) in [7, 11) is 4.19. The molecular formula is C18H23ClO6. The van der Waals surface area contributed by atoms with E-state index in [-0.39, 0.29) is 12.0 Å². The first-order valence-corrected chi connectivity index (χ1v) is 7.91. The summed E-state index contributed by atoms with van der Waals surface area (Å²) in [6.07, 6.45) is 1.23. The van der Waals surface area contributed by atoms with Crippen molar-refractivity contribution < 1.29 is 28.5 Å². The number of methoxy groups -OCH3 is 3. The molecule has 25 heavy (non-hydrogen) atoms. The second-order valence-corrected chi connectivity index (χ2v) is 6.56. The molecule has 0 bridgehead atoms. The summed E-state index contributed by atoms with van der Waals surface area (Å²) in [6, 6.07) is 3.23. The number of halogens is 1. The molecule has 0 unspecified atom stereocenters. The van der Waals surface area contributed by atoms with Crippen LogP contribution in [-0.2, 0) is 19.1 Å². The fourth-order valence-electron chi connectivity index (χ4n) is 2.06. The maximum Gasteiger partial charge on any atom is 0.334 e. The maximum atomic E-state index is 12.1. The summed E-state index contributed by atoms with van der Waals surface area (Å²) >= 11 is 6.16. The summed E-state index contributed by atoms with van der Waals surface area (Å²) < 4.78 is 20.5. The number of benzene rings is 1. The van der Waals surface area contributed by atoms with Crippen LogP contribution in [0.15, 0.2) is 17.7 Å². The number of carbonyl (C=O) groups excluding carboxylic acids is 2. The van der Waals surface area contributed by atoms with Crippen LogP contribution < -0.4 is 9.47 Å². The normalized spacial score (nSPS) is 11.7. The molecular weight excluding hydrogens is 348 g/mol. The molecule has 0 heterocycles. The van der Waals surface area contributed by atoms with E-state index < -0.39 is 17.5 Å².